The number of carbonyl (C=O) groups is 2. The summed E-state index contributed by atoms with van der Waals surface area (Å²) in [6, 6.07) is 8.07. The number of aromatic nitrogens is 1. The van der Waals surface area contributed by atoms with Crippen LogP contribution in [-0.4, -0.2) is 29.4 Å². The van der Waals surface area contributed by atoms with E-state index in [1.807, 2.05) is 13.0 Å². The van der Waals surface area contributed by atoms with E-state index in [-0.39, 0.29) is 30.3 Å². The van der Waals surface area contributed by atoms with Gasteiger partial charge in [0, 0.05) is 24.4 Å². The lowest BCUT2D eigenvalue weighted by Crippen LogP contribution is -2.46. The molecular weight excluding hydrogens is 385 g/mol. The summed E-state index contributed by atoms with van der Waals surface area (Å²) < 4.78 is 18.9. The van der Waals surface area contributed by atoms with Crippen molar-refractivity contribution in [3.63, 3.8) is 0 Å². The maximum atomic E-state index is 13.5. The minimum Gasteiger partial charge on any atom is -0.484 e. The van der Waals surface area contributed by atoms with E-state index in [1.165, 1.54) is 24.5 Å². The first-order valence-corrected chi connectivity index (χ1v) is 10.1. The van der Waals surface area contributed by atoms with E-state index in [0.29, 0.717) is 29.3 Å². The standard InChI is InChI=1S/C23H24FN3O3/c1-13-3-7-17(9-18(13)24)30-12-22(28)26-20-10-21(14(20)2)27-23(29)19-8-6-16(11-25-19)15-4-5-15/h3,6-9,11,15,21H,4-5,10,12H2,1-2H3,(H,26,28)(H,27,29). The molecule has 0 spiro atoms. The normalized spacial score (nSPS) is 17.9. The number of nitrogens with zero attached hydrogens (tertiary/aromatic N) is 1. The van der Waals surface area contributed by atoms with Crippen molar-refractivity contribution in [1.29, 1.82) is 0 Å². The molecule has 7 heteroatoms. The maximum absolute atomic E-state index is 13.5. The molecule has 2 aromatic rings. The monoisotopic (exact) mass is 409 g/mol. The van der Waals surface area contributed by atoms with Crippen molar-refractivity contribution >= 4 is 11.8 Å². The highest BCUT2D eigenvalue weighted by Gasteiger charge is 2.30. The Morgan fingerprint density at radius 3 is 2.63 bits per heavy atom. The predicted molar refractivity (Wildman–Crippen MR) is 110 cm³/mol. The van der Waals surface area contributed by atoms with Crippen LogP contribution in [0.2, 0.25) is 0 Å². The number of amides is 2. The Morgan fingerprint density at radius 1 is 1.20 bits per heavy atom. The molecule has 0 bridgehead atoms. The third-order valence-corrected chi connectivity index (χ3v) is 5.58. The second-order valence-corrected chi connectivity index (χ2v) is 7.89. The smallest absolute Gasteiger partial charge is 0.270 e. The van der Waals surface area contributed by atoms with Gasteiger partial charge in [0.15, 0.2) is 6.61 Å². The van der Waals surface area contributed by atoms with Gasteiger partial charge in [-0.3, -0.25) is 14.6 Å². The van der Waals surface area contributed by atoms with Gasteiger partial charge in [0.1, 0.15) is 17.3 Å². The van der Waals surface area contributed by atoms with E-state index in [2.05, 4.69) is 15.6 Å². The van der Waals surface area contributed by atoms with Gasteiger partial charge in [-0.1, -0.05) is 12.1 Å². The molecule has 0 saturated heterocycles. The lowest BCUT2D eigenvalue weighted by atomic mass is 9.89. The van der Waals surface area contributed by atoms with Gasteiger partial charge in [-0.15, -0.1) is 0 Å². The van der Waals surface area contributed by atoms with Crippen molar-refractivity contribution in [1.82, 2.24) is 15.6 Å². The predicted octanol–water partition coefficient (Wildman–Crippen LogP) is 3.38. The van der Waals surface area contributed by atoms with E-state index in [1.54, 1.807) is 31.3 Å². The zero-order valence-electron chi connectivity index (χ0n) is 17.0. The molecule has 1 aromatic carbocycles. The summed E-state index contributed by atoms with van der Waals surface area (Å²) in [5, 5.41) is 5.72. The second kappa shape index (κ2) is 8.26. The number of pyridine rings is 1. The molecule has 2 aliphatic rings. The van der Waals surface area contributed by atoms with Crippen LogP contribution in [0.25, 0.3) is 0 Å². The summed E-state index contributed by atoms with van der Waals surface area (Å²) >= 11 is 0. The molecule has 2 N–H and O–H groups in total. The third kappa shape index (κ3) is 4.50. The minimum atomic E-state index is -0.374. The van der Waals surface area contributed by atoms with Gasteiger partial charge in [-0.25, -0.2) is 4.39 Å². The third-order valence-electron chi connectivity index (χ3n) is 5.58. The Morgan fingerprint density at radius 2 is 2.00 bits per heavy atom. The van der Waals surface area contributed by atoms with Crippen molar-refractivity contribution in [3.8, 4) is 5.75 Å². The molecule has 0 aliphatic heterocycles. The molecule has 30 heavy (non-hydrogen) atoms. The van der Waals surface area contributed by atoms with Crippen molar-refractivity contribution in [2.75, 3.05) is 6.61 Å². The molecule has 1 aromatic heterocycles. The summed E-state index contributed by atoms with van der Waals surface area (Å²) in [5.41, 5.74) is 3.76. The summed E-state index contributed by atoms with van der Waals surface area (Å²) in [6.07, 6.45) is 4.70. The molecule has 2 aliphatic carbocycles. The van der Waals surface area contributed by atoms with Crippen LogP contribution in [-0.2, 0) is 4.79 Å². The Bertz CT molecular complexity index is 1010. The fourth-order valence-electron chi connectivity index (χ4n) is 3.35. The molecule has 1 heterocycles. The Labute approximate surface area is 174 Å². The quantitative estimate of drug-likeness (QED) is 0.735. The number of ether oxygens (including phenoxy) is 1. The SMILES string of the molecule is CC1=C(NC(=O)COc2ccc(C)c(F)c2)CC1NC(=O)c1ccc(C2CC2)cn1. The van der Waals surface area contributed by atoms with E-state index >= 15 is 0 Å². The number of rotatable bonds is 7. The molecule has 1 saturated carbocycles. The zero-order chi connectivity index (χ0) is 21.3. The first kappa shape index (κ1) is 20.1. The molecule has 156 valence electrons. The number of aryl methyl sites for hydroxylation is 1. The van der Waals surface area contributed by atoms with Gasteiger partial charge in [0.25, 0.3) is 11.8 Å². The van der Waals surface area contributed by atoms with Crippen LogP contribution in [0.15, 0.2) is 47.8 Å². The molecule has 1 fully saturated rings. The fourth-order valence-corrected chi connectivity index (χ4v) is 3.35. The van der Waals surface area contributed by atoms with Gasteiger partial charge < -0.3 is 15.4 Å². The molecule has 1 unspecified atom stereocenters. The number of carbonyl (C=O) groups excluding carboxylic acids is 2. The zero-order valence-corrected chi connectivity index (χ0v) is 17.0. The van der Waals surface area contributed by atoms with E-state index < -0.39 is 0 Å². The van der Waals surface area contributed by atoms with Crippen LogP contribution < -0.4 is 15.4 Å². The number of halogens is 1. The molecule has 6 nitrogen and oxygen atoms in total. The lowest BCUT2D eigenvalue weighted by Gasteiger charge is -2.32. The number of hydrogen-bond acceptors (Lipinski definition) is 4. The van der Waals surface area contributed by atoms with Gasteiger partial charge >= 0.3 is 0 Å². The van der Waals surface area contributed by atoms with Crippen LogP contribution in [0.5, 0.6) is 5.75 Å². The van der Waals surface area contributed by atoms with Gasteiger partial charge in [-0.05, 0) is 61.4 Å². The first-order valence-electron chi connectivity index (χ1n) is 10.1. The average Bonchev–Trinajstić information content (AvgIpc) is 3.59. The topological polar surface area (TPSA) is 80.3 Å². The summed E-state index contributed by atoms with van der Waals surface area (Å²) in [4.78, 5) is 28.8. The van der Waals surface area contributed by atoms with Crippen LogP contribution in [0.1, 0.15) is 53.7 Å². The van der Waals surface area contributed by atoms with Gasteiger partial charge in [0.05, 0.1) is 6.04 Å². The van der Waals surface area contributed by atoms with Crippen LogP contribution >= 0.6 is 0 Å². The van der Waals surface area contributed by atoms with Crippen LogP contribution in [0, 0.1) is 12.7 Å². The van der Waals surface area contributed by atoms with Crippen molar-refractivity contribution < 1.29 is 18.7 Å². The summed E-state index contributed by atoms with van der Waals surface area (Å²) in [7, 11) is 0. The molecule has 1 atom stereocenters. The molecule has 4 rings (SSSR count). The van der Waals surface area contributed by atoms with E-state index in [0.717, 1.165) is 11.3 Å². The minimum absolute atomic E-state index is 0.134. The fraction of sp³-hybridized carbons (Fsp3) is 0.348. The number of benzene rings is 1. The van der Waals surface area contributed by atoms with Gasteiger partial charge in [0.2, 0.25) is 0 Å². The Kier molecular flexibility index (Phi) is 5.53. The molecular formula is C23H24FN3O3. The Balaban J connectivity index is 1.25. The Hall–Kier alpha value is -3.22. The van der Waals surface area contributed by atoms with Gasteiger partial charge in [-0.2, -0.15) is 0 Å². The lowest BCUT2D eigenvalue weighted by molar-refractivity contribution is -0.122. The second-order valence-electron chi connectivity index (χ2n) is 7.89. The van der Waals surface area contributed by atoms with E-state index in [9.17, 15) is 14.0 Å². The van der Waals surface area contributed by atoms with Crippen LogP contribution in [0.3, 0.4) is 0 Å². The largest absolute Gasteiger partial charge is 0.484 e. The van der Waals surface area contributed by atoms with E-state index in [4.69, 9.17) is 4.74 Å². The average molecular weight is 409 g/mol. The van der Waals surface area contributed by atoms with Crippen LogP contribution in [0.4, 0.5) is 4.39 Å². The number of hydrogen-bond donors (Lipinski definition) is 2. The molecule has 0 radical (unpaired) electrons. The summed E-state index contributed by atoms with van der Waals surface area (Å²) in [6.45, 7) is 3.31. The van der Waals surface area contributed by atoms with Crippen molar-refractivity contribution in [2.45, 2.75) is 45.1 Å². The number of nitrogens with one attached hydrogen (secondary N) is 2. The van der Waals surface area contributed by atoms with Crippen molar-refractivity contribution in [3.05, 3.63) is 70.4 Å². The molecule has 2 amide bonds. The highest BCUT2D eigenvalue weighted by Crippen LogP contribution is 2.39. The summed E-state index contributed by atoms with van der Waals surface area (Å²) in [5.74, 6) is -0.0190. The highest BCUT2D eigenvalue weighted by molar-refractivity contribution is 5.93. The highest BCUT2D eigenvalue weighted by atomic mass is 19.1. The maximum Gasteiger partial charge on any atom is 0.270 e. The first-order chi connectivity index (χ1) is 14.4. The van der Waals surface area contributed by atoms with Crippen molar-refractivity contribution in [2.24, 2.45) is 0 Å².